The van der Waals surface area contributed by atoms with E-state index in [4.69, 9.17) is 5.11 Å². The maximum absolute atomic E-state index is 12.1. The summed E-state index contributed by atoms with van der Waals surface area (Å²) in [6.45, 7) is 1.63. The van der Waals surface area contributed by atoms with Crippen molar-refractivity contribution in [1.29, 1.82) is 0 Å². The molecule has 2 N–H and O–H groups in total. The Hall–Kier alpha value is -1.40. The van der Waals surface area contributed by atoms with Crippen molar-refractivity contribution in [3.8, 4) is 0 Å². The molecule has 2 rings (SSSR count). The number of aryl methyl sites for hydroxylation is 2. The number of aliphatic hydroxyl groups is 1. The van der Waals surface area contributed by atoms with Gasteiger partial charge < -0.3 is 15.3 Å². The zero-order valence-corrected chi connectivity index (χ0v) is 13.3. The van der Waals surface area contributed by atoms with Gasteiger partial charge in [0.1, 0.15) is 0 Å². The van der Waals surface area contributed by atoms with Crippen LogP contribution in [-0.2, 0) is 17.6 Å². The lowest BCUT2D eigenvalue weighted by Gasteiger charge is -2.23. The highest BCUT2D eigenvalue weighted by atomic mass is 32.1. The molecule has 0 saturated heterocycles. The summed E-state index contributed by atoms with van der Waals surface area (Å²) in [5.74, 6) is -0.390. The molecule has 0 bridgehead atoms. The van der Waals surface area contributed by atoms with Crippen LogP contribution in [0.5, 0.6) is 0 Å². The van der Waals surface area contributed by atoms with E-state index in [1.54, 1.807) is 14.0 Å². The number of nitrogens with zero attached hydrogens (tertiary/aromatic N) is 1. The van der Waals surface area contributed by atoms with E-state index in [9.17, 15) is 9.59 Å². The Balaban J connectivity index is 1.90. The molecule has 0 spiro atoms. The molecule has 1 heterocycles. The van der Waals surface area contributed by atoms with E-state index in [-0.39, 0.29) is 31.0 Å². The smallest absolute Gasteiger partial charge is 0.261 e. The Morgan fingerprint density at radius 1 is 1.43 bits per heavy atom. The fourth-order valence-electron chi connectivity index (χ4n) is 2.34. The molecule has 0 unspecified atom stereocenters. The van der Waals surface area contributed by atoms with Gasteiger partial charge in [-0.3, -0.25) is 9.59 Å². The monoisotopic (exact) mass is 310 g/mol. The molecule has 6 heteroatoms. The van der Waals surface area contributed by atoms with Crippen molar-refractivity contribution in [2.45, 2.75) is 38.6 Å². The first-order valence-electron chi connectivity index (χ1n) is 7.29. The van der Waals surface area contributed by atoms with Gasteiger partial charge in [0, 0.05) is 11.9 Å². The van der Waals surface area contributed by atoms with Gasteiger partial charge in [0.15, 0.2) is 0 Å². The zero-order chi connectivity index (χ0) is 15.4. The standard InChI is InChI=1S/C15H22N2O3S/c1-10(9-18)17(2)14(19)8-16-15(20)13-7-11-5-3-4-6-12(11)21-13/h7,10,18H,3-6,8-9H2,1-2H3,(H,16,20)/t10-/m0/s1. The molecule has 1 aliphatic rings. The van der Waals surface area contributed by atoms with E-state index in [2.05, 4.69) is 5.32 Å². The van der Waals surface area contributed by atoms with Crippen molar-refractivity contribution < 1.29 is 14.7 Å². The van der Waals surface area contributed by atoms with E-state index in [0.717, 1.165) is 12.8 Å². The first kappa shape index (κ1) is 16.0. The van der Waals surface area contributed by atoms with Crippen molar-refractivity contribution >= 4 is 23.2 Å². The van der Waals surface area contributed by atoms with Crippen molar-refractivity contribution in [2.24, 2.45) is 0 Å². The predicted octanol–water partition coefficient (Wildman–Crippen LogP) is 1.20. The second kappa shape index (κ2) is 7.04. The quantitative estimate of drug-likeness (QED) is 0.858. The fourth-order valence-corrected chi connectivity index (χ4v) is 3.51. The SMILES string of the molecule is C[C@@H](CO)N(C)C(=O)CNC(=O)c1cc2c(s1)CCCC2. The first-order chi connectivity index (χ1) is 10.0. The number of aliphatic hydroxyl groups excluding tert-OH is 1. The second-order valence-corrected chi connectivity index (χ2v) is 6.62. The summed E-state index contributed by atoms with van der Waals surface area (Å²) in [6.07, 6.45) is 4.49. The number of nitrogens with one attached hydrogen (secondary N) is 1. The van der Waals surface area contributed by atoms with Gasteiger partial charge in [-0.2, -0.15) is 0 Å². The minimum Gasteiger partial charge on any atom is -0.394 e. The summed E-state index contributed by atoms with van der Waals surface area (Å²) < 4.78 is 0. The summed E-state index contributed by atoms with van der Waals surface area (Å²) in [5, 5.41) is 11.7. The number of hydrogen-bond acceptors (Lipinski definition) is 4. The molecule has 21 heavy (non-hydrogen) atoms. The van der Waals surface area contributed by atoms with Crippen LogP contribution in [0.25, 0.3) is 0 Å². The maximum Gasteiger partial charge on any atom is 0.261 e. The number of fused-ring (bicyclic) bond motifs is 1. The Morgan fingerprint density at radius 3 is 2.81 bits per heavy atom. The number of carbonyl (C=O) groups excluding carboxylic acids is 2. The minimum atomic E-state index is -0.247. The molecule has 0 aromatic carbocycles. The molecular weight excluding hydrogens is 288 g/mol. The van der Waals surface area contributed by atoms with Gasteiger partial charge in [-0.25, -0.2) is 0 Å². The number of amides is 2. The number of carbonyl (C=O) groups is 2. The number of likely N-dealkylation sites (N-methyl/N-ethyl adjacent to an activating group) is 1. The van der Waals surface area contributed by atoms with Crippen LogP contribution in [0.4, 0.5) is 0 Å². The lowest BCUT2D eigenvalue weighted by atomic mass is 9.99. The van der Waals surface area contributed by atoms with Crippen molar-refractivity contribution in [3.05, 3.63) is 21.4 Å². The predicted molar refractivity (Wildman–Crippen MR) is 82.6 cm³/mol. The highest BCUT2D eigenvalue weighted by Crippen LogP contribution is 2.29. The first-order valence-corrected chi connectivity index (χ1v) is 8.11. The van der Waals surface area contributed by atoms with Gasteiger partial charge in [-0.1, -0.05) is 0 Å². The molecule has 0 fully saturated rings. The largest absolute Gasteiger partial charge is 0.394 e. The zero-order valence-electron chi connectivity index (χ0n) is 12.5. The average Bonchev–Trinajstić information content (AvgIpc) is 2.94. The van der Waals surface area contributed by atoms with Gasteiger partial charge >= 0.3 is 0 Å². The molecule has 1 aliphatic carbocycles. The van der Waals surface area contributed by atoms with Crippen LogP contribution in [0.15, 0.2) is 6.07 Å². The van der Waals surface area contributed by atoms with E-state index in [1.165, 1.54) is 39.5 Å². The molecule has 116 valence electrons. The summed E-state index contributed by atoms with van der Waals surface area (Å²) in [5.41, 5.74) is 1.29. The summed E-state index contributed by atoms with van der Waals surface area (Å²) in [4.78, 5) is 27.4. The van der Waals surface area contributed by atoms with Crippen molar-refractivity contribution in [3.63, 3.8) is 0 Å². The summed E-state index contributed by atoms with van der Waals surface area (Å²) in [6, 6.07) is 1.71. The Morgan fingerprint density at radius 2 is 2.14 bits per heavy atom. The Bertz CT molecular complexity index is 503. The third-order valence-electron chi connectivity index (χ3n) is 3.94. The minimum absolute atomic E-state index is 0.0394. The van der Waals surface area contributed by atoms with Gasteiger partial charge in [-0.05, 0) is 44.2 Å². The van der Waals surface area contributed by atoms with E-state index >= 15 is 0 Å². The lowest BCUT2D eigenvalue weighted by Crippen LogP contribution is -2.43. The second-order valence-electron chi connectivity index (χ2n) is 5.49. The van der Waals surface area contributed by atoms with E-state index < -0.39 is 0 Å². The Kier molecular flexibility index (Phi) is 5.36. The number of thiophene rings is 1. The van der Waals surface area contributed by atoms with Gasteiger partial charge in [-0.15, -0.1) is 11.3 Å². The lowest BCUT2D eigenvalue weighted by molar-refractivity contribution is -0.131. The van der Waals surface area contributed by atoms with Gasteiger partial charge in [0.2, 0.25) is 5.91 Å². The molecular formula is C15H22N2O3S. The maximum atomic E-state index is 12.1. The third-order valence-corrected chi connectivity index (χ3v) is 5.18. The highest BCUT2D eigenvalue weighted by molar-refractivity contribution is 7.14. The summed E-state index contributed by atoms with van der Waals surface area (Å²) >= 11 is 1.54. The number of rotatable bonds is 5. The van der Waals surface area contributed by atoms with Crippen LogP contribution in [-0.4, -0.2) is 48.1 Å². The molecule has 2 amide bonds. The van der Waals surface area contributed by atoms with E-state index in [1.807, 2.05) is 6.07 Å². The van der Waals surface area contributed by atoms with Gasteiger partial charge in [0.25, 0.3) is 5.91 Å². The third kappa shape index (κ3) is 3.83. The molecule has 5 nitrogen and oxygen atoms in total. The van der Waals surface area contributed by atoms with Gasteiger partial charge in [0.05, 0.1) is 24.1 Å². The molecule has 0 radical (unpaired) electrons. The average molecular weight is 310 g/mol. The van der Waals surface area contributed by atoms with Crippen LogP contribution >= 0.6 is 11.3 Å². The normalized spacial score (nSPS) is 15.2. The summed E-state index contributed by atoms with van der Waals surface area (Å²) in [7, 11) is 1.62. The van der Waals surface area contributed by atoms with Crippen molar-refractivity contribution in [1.82, 2.24) is 10.2 Å². The van der Waals surface area contributed by atoms with Crippen LogP contribution in [0.2, 0.25) is 0 Å². The van der Waals surface area contributed by atoms with E-state index in [0.29, 0.717) is 4.88 Å². The molecule has 1 aromatic heterocycles. The molecule has 1 atom stereocenters. The van der Waals surface area contributed by atoms with Crippen LogP contribution < -0.4 is 5.32 Å². The molecule has 0 aliphatic heterocycles. The highest BCUT2D eigenvalue weighted by Gasteiger charge is 2.19. The van der Waals surface area contributed by atoms with Crippen LogP contribution in [0, 0.1) is 0 Å². The van der Waals surface area contributed by atoms with Crippen molar-refractivity contribution in [2.75, 3.05) is 20.2 Å². The Labute approximate surface area is 129 Å². The van der Waals surface area contributed by atoms with Crippen LogP contribution in [0.3, 0.4) is 0 Å². The molecule has 1 aromatic rings. The number of hydrogen-bond donors (Lipinski definition) is 2. The topological polar surface area (TPSA) is 69.6 Å². The molecule has 0 saturated carbocycles. The van der Waals surface area contributed by atoms with Crippen LogP contribution in [0.1, 0.15) is 39.9 Å². The fraction of sp³-hybridized carbons (Fsp3) is 0.600.